The van der Waals surface area contributed by atoms with Gasteiger partial charge in [0.25, 0.3) is 16.0 Å². The fourth-order valence-corrected chi connectivity index (χ4v) is 6.29. The van der Waals surface area contributed by atoms with Gasteiger partial charge in [-0.05, 0) is 42.3 Å². The van der Waals surface area contributed by atoms with Crippen molar-refractivity contribution >= 4 is 45.4 Å². The molecule has 1 saturated heterocycles. The van der Waals surface area contributed by atoms with Crippen molar-refractivity contribution in [3.8, 4) is 5.75 Å². The molecule has 8 nitrogen and oxygen atoms in total. The maximum Gasteiger partial charge on any atom is 0.355 e. The molecule has 1 fully saturated rings. The summed E-state index contributed by atoms with van der Waals surface area (Å²) in [6.07, 6.45) is -1.24. The van der Waals surface area contributed by atoms with Gasteiger partial charge < -0.3 is 9.47 Å². The number of rotatable bonds is 8. The number of thioether (sulfide) groups is 1. The van der Waals surface area contributed by atoms with Crippen molar-refractivity contribution in [3.05, 3.63) is 70.9 Å². The molecule has 11 heteroatoms. The van der Waals surface area contributed by atoms with E-state index >= 15 is 0 Å². The van der Waals surface area contributed by atoms with Crippen LogP contribution in [0.15, 0.2) is 64.7 Å². The Morgan fingerprint density at radius 3 is 2.44 bits per heavy atom. The maximum atomic E-state index is 12.9. The van der Waals surface area contributed by atoms with Crippen LogP contribution in [0.2, 0.25) is 0 Å². The number of halogens is 1. The molecule has 0 unspecified atom stereocenters. The zero-order valence-corrected chi connectivity index (χ0v) is 20.8. The smallest absolute Gasteiger partial charge is 0.355 e. The number of nitrogens with zero attached hydrogens (tertiary/aromatic N) is 1. The van der Waals surface area contributed by atoms with Crippen LogP contribution in [0.5, 0.6) is 5.75 Å². The first-order valence-electron chi connectivity index (χ1n) is 10.3. The van der Waals surface area contributed by atoms with Crippen LogP contribution in [-0.2, 0) is 35.2 Å². The number of alkyl halides is 1. The lowest BCUT2D eigenvalue weighted by Gasteiger charge is -2.48. The quantitative estimate of drug-likeness (QED) is 0.225. The van der Waals surface area contributed by atoms with Crippen LogP contribution in [-0.4, -0.2) is 55.4 Å². The molecule has 0 bridgehead atoms. The number of ether oxygens (including phenoxy) is 2. The Hall–Kier alpha value is -2.53. The first-order valence-corrected chi connectivity index (χ1v) is 13.3. The summed E-state index contributed by atoms with van der Waals surface area (Å²) in [6.45, 7) is 1.82. The van der Waals surface area contributed by atoms with E-state index in [2.05, 4.69) is 0 Å². The highest BCUT2D eigenvalue weighted by Crippen LogP contribution is 2.43. The summed E-state index contributed by atoms with van der Waals surface area (Å²) < 4.78 is 41.2. The summed E-state index contributed by atoms with van der Waals surface area (Å²) in [5.74, 6) is -0.289. The second kappa shape index (κ2) is 9.99. The lowest BCUT2D eigenvalue weighted by molar-refractivity contribution is -0.158. The number of aryl methyl sites for hydroxylation is 1. The van der Waals surface area contributed by atoms with E-state index in [4.69, 9.17) is 25.3 Å². The minimum atomic E-state index is -4.16. The molecule has 2 aliphatic heterocycles. The third-order valence-corrected chi connectivity index (χ3v) is 8.37. The minimum Gasteiger partial charge on any atom is -0.497 e. The van der Waals surface area contributed by atoms with Gasteiger partial charge >= 0.3 is 5.97 Å². The summed E-state index contributed by atoms with van der Waals surface area (Å²) in [5.41, 5.74) is 2.22. The number of fused-ring (bicyclic) bond motifs is 1. The number of hydrogen-bond donors (Lipinski definition) is 0. The van der Waals surface area contributed by atoms with E-state index in [1.165, 1.54) is 28.8 Å². The first-order chi connectivity index (χ1) is 16.2. The van der Waals surface area contributed by atoms with Gasteiger partial charge in [0.2, 0.25) is 0 Å². The summed E-state index contributed by atoms with van der Waals surface area (Å²) in [5, 5.41) is -0.678. The van der Waals surface area contributed by atoms with Crippen LogP contribution in [0.1, 0.15) is 11.1 Å². The average Bonchev–Trinajstić information content (AvgIpc) is 2.85. The molecule has 0 aliphatic carbocycles. The summed E-state index contributed by atoms with van der Waals surface area (Å²) in [6, 6.07) is 13.2. The Bertz CT molecular complexity index is 1230. The Labute approximate surface area is 206 Å². The molecular formula is C23H22ClNO7S2. The van der Waals surface area contributed by atoms with E-state index in [1.54, 1.807) is 43.5 Å². The molecule has 0 spiro atoms. The third-order valence-electron chi connectivity index (χ3n) is 5.42. The second-order valence-corrected chi connectivity index (χ2v) is 10.6. The van der Waals surface area contributed by atoms with Crippen molar-refractivity contribution in [2.45, 2.75) is 29.9 Å². The van der Waals surface area contributed by atoms with Crippen molar-refractivity contribution < 1.29 is 31.7 Å². The zero-order valence-electron chi connectivity index (χ0n) is 18.4. The predicted octanol–water partition coefficient (Wildman–Crippen LogP) is 3.23. The topological polar surface area (TPSA) is 99.2 Å². The SMILES string of the molecule is COc1ccc(COC(=O)C2=C(CCl)CS[C@H]3[C@@H](OS(=O)(=O)c4ccc(C)cc4)C(=O)N23)cc1. The van der Waals surface area contributed by atoms with Gasteiger partial charge in [0.05, 0.1) is 12.0 Å². The number of carbonyl (C=O) groups is 2. The summed E-state index contributed by atoms with van der Waals surface area (Å²) in [4.78, 5) is 27.0. The van der Waals surface area contributed by atoms with Gasteiger partial charge in [-0.25, -0.2) is 8.98 Å². The monoisotopic (exact) mass is 523 g/mol. The lowest BCUT2D eigenvalue weighted by atomic mass is 10.1. The minimum absolute atomic E-state index is 0.0105. The number of esters is 1. The Kier molecular flexibility index (Phi) is 7.22. The highest BCUT2D eigenvalue weighted by Gasteiger charge is 2.56. The number of carbonyl (C=O) groups excluding carboxylic acids is 2. The molecule has 4 rings (SSSR count). The van der Waals surface area contributed by atoms with Gasteiger partial charge in [-0.2, -0.15) is 8.42 Å². The number of benzene rings is 2. The van der Waals surface area contributed by atoms with E-state index in [9.17, 15) is 18.0 Å². The highest BCUT2D eigenvalue weighted by molar-refractivity contribution is 8.00. The average molecular weight is 524 g/mol. The van der Waals surface area contributed by atoms with Crippen LogP contribution in [0.3, 0.4) is 0 Å². The van der Waals surface area contributed by atoms with Crippen LogP contribution in [0, 0.1) is 6.92 Å². The lowest BCUT2D eigenvalue weighted by Crippen LogP contribution is -2.66. The van der Waals surface area contributed by atoms with Crippen LogP contribution < -0.4 is 4.74 Å². The van der Waals surface area contributed by atoms with E-state index < -0.39 is 33.5 Å². The van der Waals surface area contributed by atoms with Crippen molar-refractivity contribution in [2.24, 2.45) is 0 Å². The maximum absolute atomic E-state index is 12.9. The molecule has 2 aromatic rings. The molecular weight excluding hydrogens is 502 g/mol. The normalized spacial score (nSPS) is 20.0. The largest absolute Gasteiger partial charge is 0.497 e. The molecule has 0 radical (unpaired) electrons. The molecule has 2 aliphatic rings. The fraction of sp³-hybridized carbons (Fsp3) is 0.304. The molecule has 0 N–H and O–H groups in total. The van der Waals surface area contributed by atoms with Crippen molar-refractivity contribution in [1.29, 1.82) is 0 Å². The standard InChI is InChI=1S/C23H22ClNO7S2/c1-14-3-9-18(10-4-14)34(28,29)32-20-21(26)25-19(16(11-24)13-33-22(20)25)23(27)31-12-15-5-7-17(30-2)8-6-15/h3-10,20,22H,11-13H2,1-2H3/t20-,22-/m0/s1. The predicted molar refractivity (Wildman–Crippen MR) is 127 cm³/mol. The van der Waals surface area contributed by atoms with Gasteiger partial charge in [-0.3, -0.25) is 9.69 Å². The van der Waals surface area contributed by atoms with Crippen molar-refractivity contribution in [3.63, 3.8) is 0 Å². The molecule has 2 aromatic carbocycles. The molecule has 0 aromatic heterocycles. The number of β-lactam (4-membered cyclic amide) rings is 1. The fourth-order valence-electron chi connectivity index (χ4n) is 3.53. The molecule has 2 atom stereocenters. The highest BCUT2D eigenvalue weighted by atomic mass is 35.5. The van der Waals surface area contributed by atoms with E-state index in [0.717, 1.165) is 11.1 Å². The Morgan fingerprint density at radius 2 is 1.82 bits per heavy atom. The first kappa shape index (κ1) is 24.6. The van der Waals surface area contributed by atoms with Crippen LogP contribution in [0.25, 0.3) is 0 Å². The molecule has 34 heavy (non-hydrogen) atoms. The third kappa shape index (κ3) is 4.81. The number of amides is 1. The number of methoxy groups -OCH3 is 1. The Balaban J connectivity index is 1.48. The van der Waals surface area contributed by atoms with Crippen molar-refractivity contribution in [2.75, 3.05) is 18.7 Å². The number of hydrogen-bond acceptors (Lipinski definition) is 8. The van der Waals surface area contributed by atoms with E-state index in [-0.39, 0.29) is 23.1 Å². The molecule has 2 heterocycles. The van der Waals surface area contributed by atoms with Crippen molar-refractivity contribution in [1.82, 2.24) is 4.90 Å². The van der Waals surface area contributed by atoms with E-state index in [0.29, 0.717) is 17.1 Å². The van der Waals surface area contributed by atoms with Gasteiger partial charge in [0, 0.05) is 11.6 Å². The van der Waals surface area contributed by atoms with Gasteiger partial charge in [-0.1, -0.05) is 29.8 Å². The molecule has 180 valence electrons. The van der Waals surface area contributed by atoms with E-state index in [1.807, 2.05) is 6.92 Å². The zero-order chi connectivity index (χ0) is 24.5. The second-order valence-electron chi connectivity index (χ2n) is 7.70. The summed E-state index contributed by atoms with van der Waals surface area (Å²) >= 11 is 7.32. The molecule has 0 saturated carbocycles. The van der Waals surface area contributed by atoms with Crippen LogP contribution in [0.4, 0.5) is 0 Å². The Morgan fingerprint density at radius 1 is 1.15 bits per heavy atom. The van der Waals surface area contributed by atoms with Gasteiger partial charge in [0.1, 0.15) is 23.4 Å². The molecule has 1 amide bonds. The summed E-state index contributed by atoms with van der Waals surface area (Å²) in [7, 11) is -2.60. The van der Waals surface area contributed by atoms with Crippen LogP contribution >= 0.6 is 23.4 Å². The van der Waals surface area contributed by atoms with Gasteiger partial charge in [-0.15, -0.1) is 23.4 Å². The van der Waals surface area contributed by atoms with Gasteiger partial charge in [0.15, 0.2) is 6.10 Å².